The Morgan fingerprint density at radius 3 is 2.92 bits per heavy atom. The Hall–Kier alpha value is -2.18. The fraction of sp³-hybridized carbons (Fsp3) is 0.444. The van der Waals surface area contributed by atoms with Gasteiger partial charge in [0.15, 0.2) is 5.69 Å². The lowest BCUT2D eigenvalue weighted by molar-refractivity contribution is 0.0491. The first-order valence-corrected chi connectivity index (χ1v) is 8.55. The lowest BCUT2D eigenvalue weighted by Gasteiger charge is -2.40. The predicted molar refractivity (Wildman–Crippen MR) is 91.7 cm³/mol. The monoisotopic (exact) mass is 325 g/mol. The van der Waals surface area contributed by atoms with Crippen LogP contribution >= 0.6 is 0 Å². The first kappa shape index (κ1) is 15.4. The zero-order valence-electron chi connectivity index (χ0n) is 14.0. The van der Waals surface area contributed by atoms with Crippen LogP contribution in [0.3, 0.4) is 0 Å². The lowest BCUT2D eigenvalue weighted by Crippen LogP contribution is -2.49. The van der Waals surface area contributed by atoms with E-state index >= 15 is 0 Å². The Morgan fingerprint density at radius 1 is 1.25 bits per heavy atom. The summed E-state index contributed by atoms with van der Waals surface area (Å²) in [6.07, 6.45) is 0.903. The lowest BCUT2D eigenvalue weighted by atomic mass is 10.0. The van der Waals surface area contributed by atoms with Gasteiger partial charge < -0.3 is 15.1 Å². The number of piperazine rings is 1. The van der Waals surface area contributed by atoms with Crippen molar-refractivity contribution in [3.63, 3.8) is 0 Å². The number of aromatic nitrogens is 2. The number of aromatic amines is 1. The molecule has 0 spiro atoms. The number of nitrogens with zero attached hydrogens (tertiary/aromatic N) is 3. The summed E-state index contributed by atoms with van der Waals surface area (Å²) in [7, 11) is 2.11. The van der Waals surface area contributed by atoms with E-state index in [2.05, 4.69) is 39.6 Å². The van der Waals surface area contributed by atoms with E-state index in [9.17, 15) is 4.79 Å². The van der Waals surface area contributed by atoms with Crippen molar-refractivity contribution < 1.29 is 4.79 Å². The molecule has 2 aliphatic rings. The maximum absolute atomic E-state index is 13.2. The number of likely N-dealkylation sites (N-methyl/N-ethyl adjacent to an activating group) is 1. The second-order valence-corrected chi connectivity index (χ2v) is 6.64. The van der Waals surface area contributed by atoms with E-state index in [0.717, 1.165) is 50.4 Å². The van der Waals surface area contributed by atoms with Crippen LogP contribution in [0.4, 0.5) is 0 Å². The molecule has 1 amide bonds. The van der Waals surface area contributed by atoms with Crippen molar-refractivity contribution in [3.05, 3.63) is 52.8 Å². The first-order valence-electron chi connectivity index (χ1n) is 8.55. The molecule has 1 atom stereocenters. The number of carbonyl (C=O) groups is 1. The van der Waals surface area contributed by atoms with Crippen LogP contribution in [0.15, 0.2) is 30.3 Å². The van der Waals surface area contributed by atoms with Crippen LogP contribution in [0.2, 0.25) is 0 Å². The third-order valence-corrected chi connectivity index (χ3v) is 5.04. The van der Waals surface area contributed by atoms with Crippen LogP contribution in [0.1, 0.15) is 33.4 Å². The Labute approximate surface area is 141 Å². The Balaban J connectivity index is 1.65. The van der Waals surface area contributed by atoms with Crippen molar-refractivity contribution in [2.75, 3.05) is 33.2 Å². The number of fused-ring (bicyclic) bond motifs is 1. The number of H-pyrrole nitrogens is 1. The Kier molecular flexibility index (Phi) is 4.08. The average Bonchev–Trinajstić information content (AvgIpc) is 3.06. The molecule has 1 fully saturated rings. The summed E-state index contributed by atoms with van der Waals surface area (Å²) >= 11 is 0. The van der Waals surface area contributed by atoms with Gasteiger partial charge in [0.2, 0.25) is 0 Å². The van der Waals surface area contributed by atoms with Crippen LogP contribution < -0.4 is 5.32 Å². The zero-order valence-corrected chi connectivity index (χ0v) is 14.0. The third-order valence-electron chi connectivity index (χ3n) is 5.04. The molecule has 0 radical (unpaired) electrons. The van der Waals surface area contributed by atoms with Gasteiger partial charge in [0.05, 0.1) is 6.04 Å². The summed E-state index contributed by atoms with van der Waals surface area (Å²) < 4.78 is 0. The Bertz CT molecular complexity index is 726. The molecule has 6 nitrogen and oxygen atoms in total. The number of benzene rings is 1. The average molecular weight is 325 g/mol. The molecule has 2 N–H and O–H groups in total. The van der Waals surface area contributed by atoms with Gasteiger partial charge in [-0.1, -0.05) is 30.3 Å². The van der Waals surface area contributed by atoms with Crippen molar-refractivity contribution in [3.8, 4) is 0 Å². The summed E-state index contributed by atoms with van der Waals surface area (Å²) in [4.78, 5) is 17.5. The summed E-state index contributed by atoms with van der Waals surface area (Å²) in [6.45, 7) is 4.12. The van der Waals surface area contributed by atoms with Crippen LogP contribution in [0, 0.1) is 0 Å². The van der Waals surface area contributed by atoms with Crippen LogP contribution in [-0.2, 0) is 13.0 Å². The van der Waals surface area contributed by atoms with Gasteiger partial charge in [-0.2, -0.15) is 5.10 Å². The van der Waals surface area contributed by atoms with Gasteiger partial charge in [-0.25, -0.2) is 0 Å². The minimum Gasteiger partial charge on any atom is -0.328 e. The Morgan fingerprint density at radius 2 is 2.08 bits per heavy atom. The smallest absolute Gasteiger partial charge is 0.275 e. The fourth-order valence-electron chi connectivity index (χ4n) is 3.66. The third kappa shape index (κ3) is 2.72. The second-order valence-electron chi connectivity index (χ2n) is 6.64. The number of carbonyl (C=O) groups excluding carboxylic acids is 1. The molecule has 24 heavy (non-hydrogen) atoms. The fourth-order valence-corrected chi connectivity index (χ4v) is 3.66. The number of hydrogen-bond donors (Lipinski definition) is 2. The number of hydrogen-bond acceptors (Lipinski definition) is 4. The van der Waals surface area contributed by atoms with Crippen molar-refractivity contribution in [1.82, 2.24) is 25.3 Å². The molecule has 6 heteroatoms. The molecule has 4 rings (SSSR count). The van der Waals surface area contributed by atoms with Gasteiger partial charge in [0.1, 0.15) is 0 Å². The molecule has 126 valence electrons. The molecule has 1 aromatic carbocycles. The molecule has 0 saturated carbocycles. The highest BCUT2D eigenvalue weighted by Crippen LogP contribution is 2.27. The number of amides is 1. The highest BCUT2D eigenvalue weighted by molar-refractivity contribution is 5.94. The van der Waals surface area contributed by atoms with E-state index in [4.69, 9.17) is 0 Å². The highest BCUT2D eigenvalue weighted by Gasteiger charge is 2.33. The molecule has 3 heterocycles. The van der Waals surface area contributed by atoms with Crippen LogP contribution in [0.5, 0.6) is 0 Å². The molecule has 1 aromatic heterocycles. The largest absolute Gasteiger partial charge is 0.328 e. The van der Waals surface area contributed by atoms with E-state index in [-0.39, 0.29) is 11.9 Å². The van der Waals surface area contributed by atoms with Crippen molar-refractivity contribution in [2.45, 2.75) is 19.0 Å². The molecular formula is C18H23N5O. The van der Waals surface area contributed by atoms with E-state index in [1.54, 1.807) is 0 Å². The van der Waals surface area contributed by atoms with Crippen LogP contribution in [-0.4, -0.2) is 59.1 Å². The van der Waals surface area contributed by atoms with Crippen molar-refractivity contribution in [1.29, 1.82) is 0 Å². The van der Waals surface area contributed by atoms with Crippen LogP contribution in [0.25, 0.3) is 0 Å². The minimum atomic E-state index is 0.0400. The topological polar surface area (TPSA) is 64.3 Å². The van der Waals surface area contributed by atoms with Gasteiger partial charge in [-0.05, 0) is 12.6 Å². The van der Waals surface area contributed by atoms with E-state index in [0.29, 0.717) is 5.69 Å². The molecular weight excluding hydrogens is 302 g/mol. The molecule has 0 bridgehead atoms. The highest BCUT2D eigenvalue weighted by atomic mass is 16.2. The summed E-state index contributed by atoms with van der Waals surface area (Å²) in [5, 5.41) is 10.7. The van der Waals surface area contributed by atoms with Gasteiger partial charge in [0.25, 0.3) is 5.91 Å². The first-order chi connectivity index (χ1) is 11.7. The maximum Gasteiger partial charge on any atom is 0.275 e. The molecule has 0 aliphatic carbocycles. The number of nitrogens with one attached hydrogen (secondary N) is 2. The van der Waals surface area contributed by atoms with Gasteiger partial charge in [-0.3, -0.25) is 9.89 Å². The summed E-state index contributed by atoms with van der Waals surface area (Å²) in [5.74, 6) is 0.0400. The molecule has 1 saturated heterocycles. The van der Waals surface area contributed by atoms with Crippen molar-refractivity contribution >= 4 is 5.91 Å². The maximum atomic E-state index is 13.2. The SMILES string of the molecule is CN1CCN(C(=O)c2n[nH]c3c2CNCC3)C(c2ccccc2)C1. The van der Waals surface area contributed by atoms with Gasteiger partial charge in [-0.15, -0.1) is 0 Å². The van der Waals surface area contributed by atoms with Gasteiger partial charge in [0, 0.05) is 50.4 Å². The predicted octanol–water partition coefficient (Wildman–Crippen LogP) is 1.18. The van der Waals surface area contributed by atoms with E-state index < -0.39 is 0 Å². The number of rotatable bonds is 2. The second kappa shape index (κ2) is 6.37. The van der Waals surface area contributed by atoms with Crippen molar-refractivity contribution in [2.24, 2.45) is 0 Å². The van der Waals surface area contributed by atoms with E-state index in [1.165, 1.54) is 5.56 Å². The zero-order chi connectivity index (χ0) is 16.5. The summed E-state index contributed by atoms with van der Waals surface area (Å²) in [6, 6.07) is 10.4. The minimum absolute atomic E-state index is 0.0400. The van der Waals surface area contributed by atoms with Gasteiger partial charge >= 0.3 is 0 Å². The van der Waals surface area contributed by atoms with E-state index in [1.807, 2.05) is 23.1 Å². The standard InChI is InChI=1S/C18H23N5O/c1-22-9-10-23(16(12-22)13-5-3-2-4-6-13)18(24)17-14-11-19-8-7-15(14)20-21-17/h2-6,16,19H,7-12H2,1H3,(H,20,21). The normalized spacial score (nSPS) is 21.5. The summed E-state index contributed by atoms with van der Waals surface area (Å²) in [5.41, 5.74) is 3.90. The molecule has 2 aromatic rings. The molecule has 1 unspecified atom stereocenters. The quantitative estimate of drug-likeness (QED) is 0.870. The molecule has 2 aliphatic heterocycles.